The molecule has 2 N–H and O–H groups in total. The van der Waals surface area contributed by atoms with Crippen LogP contribution in [0.4, 0.5) is 0 Å². The van der Waals surface area contributed by atoms with Gasteiger partial charge in [0.25, 0.3) is 0 Å². The Hall–Kier alpha value is -1.93. The molecule has 2 nitrogen and oxygen atoms in total. The van der Waals surface area contributed by atoms with E-state index >= 15 is 0 Å². The first-order valence-corrected chi connectivity index (χ1v) is 5.74. The average molecular weight is 223 g/mol. The number of hydrogen-bond acceptors (Lipinski definition) is 2. The number of carbonyl (C=O) groups excluding carboxylic acids is 1. The topological polar surface area (TPSA) is 43.1 Å². The maximum Gasteiger partial charge on any atom is 0.176 e. The number of Topliss-reactive ketones (excluding diaryl/α,β-unsaturated/α-hetero) is 1. The molecule has 2 heteroatoms. The number of hydrogen-bond donors (Lipinski definition) is 1. The highest BCUT2D eigenvalue weighted by molar-refractivity contribution is 6.01. The summed E-state index contributed by atoms with van der Waals surface area (Å²) >= 11 is 0. The Morgan fingerprint density at radius 2 is 1.82 bits per heavy atom. The molecule has 0 radical (unpaired) electrons. The van der Waals surface area contributed by atoms with Gasteiger partial charge in [0.1, 0.15) is 0 Å². The number of rotatable bonds is 2. The Bertz CT molecular complexity index is 602. The maximum absolute atomic E-state index is 11.8. The van der Waals surface area contributed by atoms with Gasteiger partial charge in [-0.15, -0.1) is 0 Å². The molecule has 0 atom stereocenters. The van der Waals surface area contributed by atoms with Crippen molar-refractivity contribution in [2.75, 3.05) is 6.54 Å². The smallest absolute Gasteiger partial charge is 0.176 e. The molecule has 17 heavy (non-hydrogen) atoms. The second kappa shape index (κ2) is 3.82. The van der Waals surface area contributed by atoms with E-state index in [4.69, 9.17) is 5.73 Å². The van der Waals surface area contributed by atoms with Gasteiger partial charge in [0.2, 0.25) is 0 Å². The second-order valence-corrected chi connectivity index (χ2v) is 4.29. The van der Waals surface area contributed by atoms with Gasteiger partial charge in [-0.3, -0.25) is 4.79 Å². The molecule has 84 valence electrons. The molecule has 0 spiro atoms. The van der Waals surface area contributed by atoms with Crippen LogP contribution in [0.1, 0.15) is 21.5 Å². The third kappa shape index (κ3) is 1.49. The highest BCUT2D eigenvalue weighted by atomic mass is 16.1. The summed E-state index contributed by atoms with van der Waals surface area (Å²) in [5.41, 5.74) is 11.1. The van der Waals surface area contributed by atoms with Crippen LogP contribution in [0.5, 0.6) is 0 Å². The monoisotopic (exact) mass is 223 g/mol. The zero-order chi connectivity index (χ0) is 11.8. The minimum absolute atomic E-state index is 0.0228. The van der Waals surface area contributed by atoms with E-state index in [1.807, 2.05) is 24.3 Å². The van der Waals surface area contributed by atoms with Crippen LogP contribution < -0.4 is 5.73 Å². The number of benzene rings is 2. The van der Waals surface area contributed by atoms with Crippen LogP contribution >= 0.6 is 0 Å². The van der Waals surface area contributed by atoms with E-state index in [2.05, 4.69) is 18.2 Å². The standard InChI is InChI=1S/C15H13NO/c16-9-15(17)13-7-3-6-12-11-5-2-1-4-10(11)8-14(12)13/h1-7H,8-9,16H2. The number of ketones is 1. The Kier molecular flexibility index (Phi) is 2.30. The summed E-state index contributed by atoms with van der Waals surface area (Å²) in [6.07, 6.45) is 0.841. The molecule has 0 amide bonds. The summed E-state index contributed by atoms with van der Waals surface area (Å²) in [5, 5.41) is 0. The molecule has 3 rings (SSSR count). The highest BCUT2D eigenvalue weighted by Gasteiger charge is 2.22. The van der Waals surface area contributed by atoms with Crippen molar-refractivity contribution in [2.45, 2.75) is 6.42 Å². The fourth-order valence-electron chi connectivity index (χ4n) is 2.53. The van der Waals surface area contributed by atoms with E-state index in [9.17, 15) is 4.79 Å². The molecule has 0 aromatic heterocycles. The molecule has 0 aliphatic heterocycles. The minimum atomic E-state index is 0.0228. The van der Waals surface area contributed by atoms with Crippen LogP contribution in [-0.4, -0.2) is 12.3 Å². The molecule has 2 aromatic carbocycles. The predicted molar refractivity (Wildman–Crippen MR) is 68.1 cm³/mol. The zero-order valence-corrected chi connectivity index (χ0v) is 9.44. The molecule has 0 fully saturated rings. The third-order valence-electron chi connectivity index (χ3n) is 3.34. The van der Waals surface area contributed by atoms with Crippen LogP contribution in [-0.2, 0) is 6.42 Å². The van der Waals surface area contributed by atoms with Crippen molar-refractivity contribution in [1.29, 1.82) is 0 Å². The summed E-state index contributed by atoms with van der Waals surface area (Å²) in [4.78, 5) is 11.8. The average Bonchev–Trinajstić information content (AvgIpc) is 2.76. The van der Waals surface area contributed by atoms with Gasteiger partial charge < -0.3 is 5.73 Å². The molecule has 1 aliphatic rings. The number of carbonyl (C=O) groups is 1. The van der Waals surface area contributed by atoms with Gasteiger partial charge in [-0.2, -0.15) is 0 Å². The first kappa shape index (κ1) is 10.2. The summed E-state index contributed by atoms with van der Waals surface area (Å²) in [6, 6.07) is 14.2. The molecule has 0 heterocycles. The number of fused-ring (bicyclic) bond motifs is 3. The SMILES string of the molecule is NCC(=O)c1cccc2c1Cc1ccccc1-2. The minimum Gasteiger partial charge on any atom is -0.324 e. The largest absolute Gasteiger partial charge is 0.324 e. The first-order valence-electron chi connectivity index (χ1n) is 5.74. The van der Waals surface area contributed by atoms with Gasteiger partial charge in [0.05, 0.1) is 6.54 Å². The summed E-state index contributed by atoms with van der Waals surface area (Å²) < 4.78 is 0. The quantitative estimate of drug-likeness (QED) is 0.678. The Morgan fingerprint density at radius 3 is 2.65 bits per heavy atom. The van der Waals surface area contributed by atoms with Gasteiger partial charge in [0, 0.05) is 5.56 Å². The van der Waals surface area contributed by atoms with Crippen molar-refractivity contribution in [1.82, 2.24) is 0 Å². The summed E-state index contributed by atoms with van der Waals surface area (Å²) in [5.74, 6) is 0.0228. The fraction of sp³-hybridized carbons (Fsp3) is 0.133. The molecule has 0 bridgehead atoms. The molecule has 0 saturated heterocycles. The molecular weight excluding hydrogens is 210 g/mol. The third-order valence-corrected chi connectivity index (χ3v) is 3.34. The lowest BCUT2D eigenvalue weighted by Gasteiger charge is -2.05. The predicted octanol–water partition coefficient (Wildman–Crippen LogP) is 2.40. The fourth-order valence-corrected chi connectivity index (χ4v) is 2.53. The van der Waals surface area contributed by atoms with Crippen LogP contribution in [0.15, 0.2) is 42.5 Å². The van der Waals surface area contributed by atoms with Gasteiger partial charge in [-0.05, 0) is 28.7 Å². The van der Waals surface area contributed by atoms with E-state index in [0.29, 0.717) is 0 Å². The molecule has 0 unspecified atom stereocenters. The zero-order valence-electron chi connectivity index (χ0n) is 9.44. The van der Waals surface area contributed by atoms with Crippen molar-refractivity contribution in [3.63, 3.8) is 0 Å². The van der Waals surface area contributed by atoms with E-state index in [1.54, 1.807) is 0 Å². The first-order chi connectivity index (χ1) is 8.31. The highest BCUT2D eigenvalue weighted by Crippen LogP contribution is 2.37. The van der Waals surface area contributed by atoms with Gasteiger partial charge in [-0.1, -0.05) is 42.5 Å². The van der Waals surface area contributed by atoms with E-state index in [-0.39, 0.29) is 12.3 Å². The van der Waals surface area contributed by atoms with Crippen LogP contribution in [0.3, 0.4) is 0 Å². The molecule has 1 aliphatic carbocycles. The van der Waals surface area contributed by atoms with E-state index in [1.165, 1.54) is 16.7 Å². The van der Waals surface area contributed by atoms with Crippen molar-refractivity contribution in [3.8, 4) is 11.1 Å². The number of nitrogens with two attached hydrogens (primary N) is 1. The van der Waals surface area contributed by atoms with Crippen molar-refractivity contribution < 1.29 is 4.79 Å². The lowest BCUT2D eigenvalue weighted by atomic mass is 9.98. The Labute approximate surface area is 100 Å². The molecular formula is C15H13NO. The van der Waals surface area contributed by atoms with Crippen LogP contribution in [0.25, 0.3) is 11.1 Å². The van der Waals surface area contributed by atoms with Crippen LogP contribution in [0, 0.1) is 0 Å². The Balaban J connectivity index is 2.20. The van der Waals surface area contributed by atoms with Crippen molar-refractivity contribution in [2.24, 2.45) is 5.73 Å². The molecule has 2 aromatic rings. The maximum atomic E-state index is 11.8. The Morgan fingerprint density at radius 1 is 1.06 bits per heavy atom. The van der Waals surface area contributed by atoms with Gasteiger partial charge >= 0.3 is 0 Å². The van der Waals surface area contributed by atoms with Crippen molar-refractivity contribution >= 4 is 5.78 Å². The summed E-state index contributed by atoms with van der Waals surface area (Å²) in [7, 11) is 0. The lowest BCUT2D eigenvalue weighted by molar-refractivity contribution is 0.100. The summed E-state index contributed by atoms with van der Waals surface area (Å²) in [6.45, 7) is 0.0762. The van der Waals surface area contributed by atoms with Gasteiger partial charge in [-0.25, -0.2) is 0 Å². The van der Waals surface area contributed by atoms with Crippen LogP contribution in [0.2, 0.25) is 0 Å². The molecule has 0 saturated carbocycles. The van der Waals surface area contributed by atoms with E-state index < -0.39 is 0 Å². The lowest BCUT2D eigenvalue weighted by Crippen LogP contribution is -2.15. The second-order valence-electron chi connectivity index (χ2n) is 4.29. The normalized spacial score (nSPS) is 12.1. The van der Waals surface area contributed by atoms with Crippen molar-refractivity contribution in [3.05, 3.63) is 59.2 Å². The van der Waals surface area contributed by atoms with Gasteiger partial charge in [0.15, 0.2) is 5.78 Å². The van der Waals surface area contributed by atoms with E-state index in [0.717, 1.165) is 17.5 Å².